The number of hydrogen-bond acceptors (Lipinski definition) is 5. The van der Waals surface area contributed by atoms with Crippen molar-refractivity contribution in [2.24, 2.45) is 0 Å². The van der Waals surface area contributed by atoms with Crippen molar-refractivity contribution in [2.45, 2.75) is 6.92 Å². The maximum atomic E-state index is 6.17. The number of para-hydroxylation sites is 1. The quantitative estimate of drug-likeness (QED) is 0.698. The van der Waals surface area contributed by atoms with Gasteiger partial charge in [-0.1, -0.05) is 41.4 Å². The van der Waals surface area contributed by atoms with Gasteiger partial charge in [0, 0.05) is 16.9 Å². The highest BCUT2D eigenvalue weighted by molar-refractivity contribution is 6.33. The van der Waals surface area contributed by atoms with Crippen LogP contribution in [-0.4, -0.2) is 15.0 Å². The SMILES string of the molecule is Cc1ccccc1Nc1nc(Nc2cc(Cl)ccn2)ncc1Cl. The Kier molecular flexibility index (Phi) is 4.60. The lowest BCUT2D eigenvalue weighted by Crippen LogP contribution is -2.03. The normalized spacial score (nSPS) is 10.4. The smallest absolute Gasteiger partial charge is 0.230 e. The second-order valence-electron chi connectivity index (χ2n) is 4.81. The molecule has 0 aliphatic rings. The first kappa shape index (κ1) is 15.5. The number of hydrogen-bond donors (Lipinski definition) is 2. The largest absolute Gasteiger partial charge is 0.339 e. The van der Waals surface area contributed by atoms with E-state index in [1.54, 1.807) is 18.3 Å². The maximum Gasteiger partial charge on any atom is 0.230 e. The summed E-state index contributed by atoms with van der Waals surface area (Å²) in [6.07, 6.45) is 3.13. The molecule has 0 spiro atoms. The Morgan fingerprint density at radius 2 is 1.83 bits per heavy atom. The number of pyridine rings is 1. The zero-order valence-corrected chi connectivity index (χ0v) is 13.7. The number of anilines is 4. The summed E-state index contributed by atoms with van der Waals surface area (Å²) >= 11 is 12.1. The summed E-state index contributed by atoms with van der Waals surface area (Å²) in [5.74, 6) is 1.45. The molecule has 0 fully saturated rings. The Morgan fingerprint density at radius 1 is 1.00 bits per heavy atom. The summed E-state index contributed by atoms with van der Waals surface area (Å²) < 4.78 is 0. The fourth-order valence-electron chi connectivity index (χ4n) is 1.94. The molecular weight excluding hydrogens is 333 g/mol. The molecule has 0 aliphatic carbocycles. The van der Waals surface area contributed by atoms with Crippen molar-refractivity contribution in [3.8, 4) is 0 Å². The minimum atomic E-state index is 0.375. The number of nitrogens with one attached hydrogen (secondary N) is 2. The molecule has 2 aromatic heterocycles. The summed E-state index contributed by atoms with van der Waals surface area (Å²) in [7, 11) is 0. The van der Waals surface area contributed by atoms with Crippen molar-refractivity contribution in [3.63, 3.8) is 0 Å². The van der Waals surface area contributed by atoms with Gasteiger partial charge in [-0.25, -0.2) is 9.97 Å². The zero-order valence-electron chi connectivity index (χ0n) is 12.2. The van der Waals surface area contributed by atoms with Crippen LogP contribution in [0, 0.1) is 6.92 Å². The number of aromatic nitrogens is 3. The van der Waals surface area contributed by atoms with Crippen LogP contribution in [0.15, 0.2) is 48.8 Å². The van der Waals surface area contributed by atoms with Crippen LogP contribution in [0.4, 0.5) is 23.3 Å². The van der Waals surface area contributed by atoms with Gasteiger partial charge in [0.05, 0.1) is 6.20 Å². The van der Waals surface area contributed by atoms with Crippen molar-refractivity contribution in [3.05, 3.63) is 64.4 Å². The van der Waals surface area contributed by atoms with Crippen LogP contribution in [-0.2, 0) is 0 Å². The van der Waals surface area contributed by atoms with Gasteiger partial charge in [-0.3, -0.25) is 0 Å². The zero-order chi connectivity index (χ0) is 16.2. The number of halogens is 2. The lowest BCUT2D eigenvalue weighted by Gasteiger charge is -2.11. The summed E-state index contributed by atoms with van der Waals surface area (Å²) in [6, 6.07) is 11.3. The van der Waals surface area contributed by atoms with Gasteiger partial charge in [0.15, 0.2) is 5.82 Å². The Labute approximate surface area is 143 Å². The molecule has 116 valence electrons. The van der Waals surface area contributed by atoms with E-state index >= 15 is 0 Å². The van der Waals surface area contributed by atoms with E-state index in [2.05, 4.69) is 25.6 Å². The van der Waals surface area contributed by atoms with Gasteiger partial charge in [-0.05, 0) is 30.7 Å². The Morgan fingerprint density at radius 3 is 2.61 bits per heavy atom. The fraction of sp³-hybridized carbons (Fsp3) is 0.0625. The van der Waals surface area contributed by atoms with Crippen LogP contribution < -0.4 is 10.6 Å². The van der Waals surface area contributed by atoms with Gasteiger partial charge >= 0.3 is 0 Å². The monoisotopic (exact) mass is 345 g/mol. The van der Waals surface area contributed by atoms with Gasteiger partial charge in [0.1, 0.15) is 10.8 Å². The minimum Gasteiger partial charge on any atom is -0.339 e. The number of benzene rings is 1. The van der Waals surface area contributed by atoms with Gasteiger partial charge in [-0.2, -0.15) is 4.98 Å². The van der Waals surface area contributed by atoms with E-state index in [4.69, 9.17) is 23.2 Å². The van der Waals surface area contributed by atoms with Crippen LogP contribution in [0.2, 0.25) is 10.0 Å². The lowest BCUT2D eigenvalue weighted by molar-refractivity contribution is 1.15. The Hall–Kier alpha value is -2.37. The molecule has 2 heterocycles. The molecule has 3 aromatic rings. The van der Waals surface area contributed by atoms with Gasteiger partial charge < -0.3 is 10.6 Å². The van der Waals surface area contributed by atoms with E-state index in [1.807, 2.05) is 31.2 Å². The molecule has 0 bridgehead atoms. The average Bonchev–Trinajstić information content (AvgIpc) is 2.53. The Bertz CT molecular complexity index is 838. The molecule has 0 atom stereocenters. The molecule has 3 rings (SSSR count). The first-order valence-corrected chi connectivity index (χ1v) is 7.61. The first-order chi connectivity index (χ1) is 11.1. The third kappa shape index (κ3) is 3.88. The topological polar surface area (TPSA) is 62.7 Å². The molecule has 0 radical (unpaired) electrons. The number of nitrogens with zero attached hydrogens (tertiary/aromatic N) is 3. The van der Waals surface area contributed by atoms with E-state index < -0.39 is 0 Å². The highest BCUT2D eigenvalue weighted by atomic mass is 35.5. The lowest BCUT2D eigenvalue weighted by atomic mass is 10.2. The molecule has 0 saturated carbocycles. The summed E-state index contributed by atoms with van der Waals surface area (Å²) in [5.41, 5.74) is 2.02. The molecule has 23 heavy (non-hydrogen) atoms. The second kappa shape index (κ2) is 6.81. The van der Waals surface area contributed by atoms with Crippen molar-refractivity contribution in [1.29, 1.82) is 0 Å². The third-order valence-corrected chi connectivity index (χ3v) is 3.62. The van der Waals surface area contributed by atoms with E-state index in [9.17, 15) is 0 Å². The van der Waals surface area contributed by atoms with Gasteiger partial charge in [0.2, 0.25) is 5.95 Å². The van der Waals surface area contributed by atoms with E-state index in [0.717, 1.165) is 11.3 Å². The summed E-state index contributed by atoms with van der Waals surface area (Å²) in [6.45, 7) is 2.01. The summed E-state index contributed by atoms with van der Waals surface area (Å²) in [4.78, 5) is 12.7. The molecule has 1 aromatic carbocycles. The van der Waals surface area contributed by atoms with Gasteiger partial charge in [0.25, 0.3) is 0 Å². The van der Waals surface area contributed by atoms with Crippen molar-refractivity contribution < 1.29 is 0 Å². The van der Waals surface area contributed by atoms with Crippen molar-refractivity contribution >= 4 is 46.5 Å². The summed E-state index contributed by atoms with van der Waals surface area (Å²) in [5, 5.41) is 7.21. The van der Waals surface area contributed by atoms with Crippen LogP contribution in [0.1, 0.15) is 5.56 Å². The predicted octanol–water partition coefficient (Wildman–Crippen LogP) is 4.97. The number of aryl methyl sites for hydroxylation is 1. The van der Waals surface area contributed by atoms with E-state index in [0.29, 0.717) is 27.6 Å². The molecule has 0 saturated heterocycles. The van der Waals surface area contributed by atoms with E-state index in [-0.39, 0.29) is 0 Å². The van der Waals surface area contributed by atoms with Crippen LogP contribution in [0.25, 0.3) is 0 Å². The highest BCUT2D eigenvalue weighted by Gasteiger charge is 2.08. The maximum absolute atomic E-state index is 6.17. The van der Waals surface area contributed by atoms with Crippen LogP contribution in [0.5, 0.6) is 0 Å². The van der Waals surface area contributed by atoms with Crippen LogP contribution >= 0.6 is 23.2 Å². The highest BCUT2D eigenvalue weighted by Crippen LogP contribution is 2.26. The molecule has 0 amide bonds. The fourth-order valence-corrected chi connectivity index (χ4v) is 2.24. The molecule has 0 aliphatic heterocycles. The Balaban J connectivity index is 1.86. The van der Waals surface area contributed by atoms with Crippen LogP contribution in [0.3, 0.4) is 0 Å². The second-order valence-corrected chi connectivity index (χ2v) is 5.66. The minimum absolute atomic E-state index is 0.375. The molecule has 2 N–H and O–H groups in total. The third-order valence-electron chi connectivity index (χ3n) is 3.10. The standard InChI is InChI=1S/C16H13Cl2N5/c1-10-4-2-3-5-13(10)21-15-12(18)9-20-16(23-15)22-14-8-11(17)6-7-19-14/h2-9H,1H3,(H2,19,20,21,22,23). The number of rotatable bonds is 4. The average molecular weight is 346 g/mol. The molecular formula is C16H13Cl2N5. The van der Waals surface area contributed by atoms with Crippen molar-refractivity contribution in [1.82, 2.24) is 15.0 Å². The predicted molar refractivity (Wildman–Crippen MR) is 94.0 cm³/mol. The molecule has 5 nitrogen and oxygen atoms in total. The molecule has 0 unspecified atom stereocenters. The molecule has 7 heteroatoms. The van der Waals surface area contributed by atoms with Gasteiger partial charge in [-0.15, -0.1) is 0 Å². The first-order valence-electron chi connectivity index (χ1n) is 6.85. The van der Waals surface area contributed by atoms with E-state index in [1.165, 1.54) is 6.20 Å². The van der Waals surface area contributed by atoms with Crippen molar-refractivity contribution in [2.75, 3.05) is 10.6 Å².